The molecule has 1 aromatic heterocycles. The summed E-state index contributed by atoms with van der Waals surface area (Å²) in [6.07, 6.45) is 0.760. The van der Waals surface area contributed by atoms with Crippen molar-refractivity contribution in [3.05, 3.63) is 34.7 Å². The number of nitrogens with one attached hydrogen (secondary N) is 1. The van der Waals surface area contributed by atoms with Crippen LogP contribution in [0.2, 0.25) is 0 Å². The maximum Gasteiger partial charge on any atom is 0.326 e. The minimum atomic E-state index is -3.01. The number of nitrogens with zero attached hydrogens (tertiary/aromatic N) is 1. The number of carboxylic acids is 1. The number of hydrogen-bond acceptors (Lipinski definition) is 6. The highest BCUT2D eigenvalue weighted by molar-refractivity contribution is 7.20. The number of nitrogens with two attached hydrogens (primary N) is 1. The third kappa shape index (κ3) is 7.83. The van der Waals surface area contributed by atoms with Gasteiger partial charge in [-0.3, -0.25) is 19.2 Å². The number of carbonyl (C=O) groups excluding carboxylic acids is 4. The van der Waals surface area contributed by atoms with Crippen LogP contribution in [0.1, 0.15) is 74.5 Å². The number of alkyl halides is 2. The Morgan fingerprint density at radius 3 is 2.50 bits per heavy atom. The Morgan fingerprint density at radius 1 is 1.20 bits per heavy atom. The van der Waals surface area contributed by atoms with E-state index in [1.165, 1.54) is 28.4 Å². The van der Waals surface area contributed by atoms with Gasteiger partial charge >= 0.3 is 5.97 Å². The van der Waals surface area contributed by atoms with E-state index in [-0.39, 0.29) is 49.0 Å². The average Bonchev–Trinajstić information content (AvgIpc) is 3.51. The van der Waals surface area contributed by atoms with Crippen molar-refractivity contribution in [2.24, 2.45) is 17.6 Å². The lowest BCUT2D eigenvalue weighted by atomic mass is 9.90. The number of Topliss-reactive ketones (excluding diaryl/α,β-unsaturated/α-hetero) is 1. The fourth-order valence-electron chi connectivity index (χ4n) is 4.97. The van der Waals surface area contributed by atoms with Gasteiger partial charge in [0.25, 0.3) is 5.92 Å². The molecule has 2 aromatic rings. The summed E-state index contributed by atoms with van der Waals surface area (Å²) in [5.74, 6) is -6.95. The van der Waals surface area contributed by atoms with E-state index in [1.807, 2.05) is 13.8 Å². The highest BCUT2D eigenvalue weighted by Crippen LogP contribution is 2.34. The predicted octanol–water partition coefficient (Wildman–Crippen LogP) is 4.07. The van der Waals surface area contributed by atoms with Gasteiger partial charge in [-0.25, -0.2) is 13.6 Å². The van der Waals surface area contributed by atoms with Crippen molar-refractivity contribution in [2.45, 2.75) is 77.3 Å². The summed E-state index contributed by atoms with van der Waals surface area (Å²) < 4.78 is 28.2. The Bertz CT molecular complexity index is 1290. The Labute approximate surface area is 235 Å². The van der Waals surface area contributed by atoms with Crippen LogP contribution in [0.15, 0.2) is 24.3 Å². The first-order chi connectivity index (χ1) is 18.7. The van der Waals surface area contributed by atoms with Gasteiger partial charge in [0.15, 0.2) is 5.78 Å². The van der Waals surface area contributed by atoms with E-state index in [0.29, 0.717) is 34.2 Å². The van der Waals surface area contributed by atoms with Gasteiger partial charge in [-0.15, -0.1) is 11.3 Å². The molecule has 1 aliphatic heterocycles. The Balaban J connectivity index is 1.76. The molecule has 9 nitrogen and oxygen atoms in total. The molecule has 1 fully saturated rings. The minimum absolute atomic E-state index is 0.0681. The van der Waals surface area contributed by atoms with E-state index in [4.69, 9.17) is 5.73 Å². The summed E-state index contributed by atoms with van der Waals surface area (Å²) in [6.45, 7) is 4.93. The van der Waals surface area contributed by atoms with Gasteiger partial charge in [-0.1, -0.05) is 19.9 Å². The summed E-state index contributed by atoms with van der Waals surface area (Å²) in [6, 6.07) is 3.60. The molecule has 0 aliphatic carbocycles. The van der Waals surface area contributed by atoms with Crippen molar-refractivity contribution in [1.29, 1.82) is 0 Å². The molecule has 2 heterocycles. The van der Waals surface area contributed by atoms with Crippen molar-refractivity contribution in [3.63, 3.8) is 0 Å². The molecule has 0 spiro atoms. The lowest BCUT2D eigenvalue weighted by Gasteiger charge is -2.29. The highest BCUT2D eigenvalue weighted by Gasteiger charge is 2.39. The third-order valence-corrected chi connectivity index (χ3v) is 8.12. The molecule has 40 heavy (non-hydrogen) atoms. The number of carboxylic acid groups (broad SMARTS) is 1. The number of primary amides is 1. The summed E-state index contributed by atoms with van der Waals surface area (Å²) in [5, 5.41) is 12.4. The van der Waals surface area contributed by atoms with Gasteiger partial charge in [-0.2, -0.15) is 0 Å². The van der Waals surface area contributed by atoms with Crippen molar-refractivity contribution < 1.29 is 37.9 Å². The van der Waals surface area contributed by atoms with Crippen LogP contribution in [0.3, 0.4) is 0 Å². The molecule has 0 saturated carbocycles. The number of aliphatic carboxylic acids is 1. The Morgan fingerprint density at radius 2 is 1.90 bits per heavy atom. The summed E-state index contributed by atoms with van der Waals surface area (Å²) >= 11 is 1.18. The van der Waals surface area contributed by atoms with Crippen LogP contribution in [-0.2, 0) is 25.1 Å². The van der Waals surface area contributed by atoms with E-state index in [2.05, 4.69) is 5.32 Å². The summed E-state index contributed by atoms with van der Waals surface area (Å²) in [7, 11) is 0. The zero-order chi connectivity index (χ0) is 29.8. The zero-order valence-electron chi connectivity index (χ0n) is 22.7. The van der Waals surface area contributed by atoms with Crippen LogP contribution in [0.4, 0.5) is 8.78 Å². The molecular weight excluding hydrogens is 544 g/mol. The monoisotopic (exact) mass is 579 g/mol. The molecule has 1 aliphatic rings. The Kier molecular flexibility index (Phi) is 9.99. The first-order valence-electron chi connectivity index (χ1n) is 13.2. The third-order valence-electron chi connectivity index (χ3n) is 6.97. The summed E-state index contributed by atoms with van der Waals surface area (Å²) in [5.41, 5.74) is 4.95. The van der Waals surface area contributed by atoms with E-state index in [1.54, 1.807) is 12.1 Å². The molecular formula is C28H35F2N3O6S. The number of amides is 3. The molecule has 3 atom stereocenters. The number of halogens is 2. The van der Waals surface area contributed by atoms with Gasteiger partial charge in [0.05, 0.1) is 4.88 Å². The van der Waals surface area contributed by atoms with E-state index in [9.17, 15) is 37.9 Å². The van der Waals surface area contributed by atoms with Gasteiger partial charge < -0.3 is 21.1 Å². The molecule has 0 bridgehead atoms. The van der Waals surface area contributed by atoms with E-state index >= 15 is 0 Å². The van der Waals surface area contributed by atoms with E-state index < -0.39 is 41.7 Å². The van der Waals surface area contributed by atoms with Gasteiger partial charge in [0.1, 0.15) is 12.1 Å². The zero-order valence-corrected chi connectivity index (χ0v) is 23.6. The molecule has 0 radical (unpaired) electrons. The second kappa shape index (κ2) is 12.8. The molecule has 4 N–H and O–H groups in total. The molecule has 12 heteroatoms. The van der Waals surface area contributed by atoms with Crippen molar-refractivity contribution >= 4 is 50.9 Å². The maximum atomic E-state index is 13.8. The number of likely N-dealkylation sites (tertiary alicyclic amines) is 1. The number of ketones is 1. The first kappa shape index (κ1) is 31.1. The number of fused-ring (bicyclic) bond motifs is 1. The van der Waals surface area contributed by atoms with Crippen molar-refractivity contribution in [2.75, 3.05) is 6.54 Å². The number of hydrogen-bond donors (Lipinski definition) is 3. The van der Waals surface area contributed by atoms with E-state index in [0.717, 1.165) is 6.92 Å². The standard InChI is InChI=1S/C28H35F2N3O6S/c1-15(2)11-17(13-21(34)23-14-16-12-18(28(3,29)30)6-8-22(16)40-23)26(37)33-10-4-5-20(33)25(36)32-19(27(38)39)7-9-24(31)35/h6,8,12,14-15,17,19-20H,4-5,7,9-11,13H2,1-3H3,(H2,31,35)(H,32,36)(H,38,39)/t17-,19+,20+/m1/s1. The topological polar surface area (TPSA) is 147 Å². The first-order valence-corrected chi connectivity index (χ1v) is 14.1. The van der Waals surface area contributed by atoms with Crippen LogP contribution in [0.5, 0.6) is 0 Å². The summed E-state index contributed by atoms with van der Waals surface area (Å²) in [4.78, 5) is 64.4. The van der Waals surface area contributed by atoms with Gasteiger partial charge in [-0.05, 0) is 55.2 Å². The van der Waals surface area contributed by atoms with Crippen LogP contribution in [0, 0.1) is 11.8 Å². The molecule has 0 unspecified atom stereocenters. The average molecular weight is 580 g/mol. The quantitative estimate of drug-likeness (QED) is 0.305. The van der Waals surface area contributed by atoms with Crippen LogP contribution < -0.4 is 11.1 Å². The van der Waals surface area contributed by atoms with Crippen LogP contribution in [0.25, 0.3) is 10.1 Å². The lowest BCUT2D eigenvalue weighted by molar-refractivity contribution is -0.145. The molecule has 218 valence electrons. The second-order valence-corrected chi connectivity index (χ2v) is 11.9. The Hall–Kier alpha value is -3.41. The maximum absolute atomic E-state index is 13.8. The van der Waals surface area contributed by atoms with Crippen molar-refractivity contribution in [1.82, 2.24) is 10.2 Å². The fourth-order valence-corrected chi connectivity index (χ4v) is 5.96. The van der Waals surface area contributed by atoms with Crippen molar-refractivity contribution in [3.8, 4) is 0 Å². The van der Waals surface area contributed by atoms with Gasteiger partial charge in [0, 0.05) is 42.5 Å². The van der Waals surface area contributed by atoms with Crippen LogP contribution in [-0.4, -0.2) is 58.1 Å². The highest BCUT2D eigenvalue weighted by atomic mass is 32.1. The number of carbonyl (C=O) groups is 5. The molecule has 1 aromatic carbocycles. The minimum Gasteiger partial charge on any atom is -0.480 e. The number of benzene rings is 1. The molecule has 3 amide bonds. The predicted molar refractivity (Wildman–Crippen MR) is 146 cm³/mol. The number of thiophene rings is 1. The van der Waals surface area contributed by atoms with Crippen LogP contribution >= 0.6 is 11.3 Å². The second-order valence-electron chi connectivity index (χ2n) is 10.8. The van der Waals surface area contributed by atoms with Gasteiger partial charge in [0.2, 0.25) is 17.7 Å². The smallest absolute Gasteiger partial charge is 0.326 e. The molecule has 1 saturated heterocycles. The largest absolute Gasteiger partial charge is 0.480 e. The fraction of sp³-hybridized carbons (Fsp3) is 0.536. The SMILES string of the molecule is CC(C)C[C@H](CC(=O)c1cc2cc(C(C)(F)F)ccc2s1)C(=O)N1CCC[C@H]1C(=O)N[C@@H](CCC(N)=O)C(=O)O. The normalized spacial score (nSPS) is 17.1. The lowest BCUT2D eigenvalue weighted by Crippen LogP contribution is -2.52. The molecule has 3 rings (SSSR count). The number of rotatable bonds is 13.